The Morgan fingerprint density at radius 3 is 2.67 bits per heavy atom. The zero-order chi connectivity index (χ0) is 19.8. The lowest BCUT2D eigenvalue weighted by atomic mass is 9.97. The second-order valence-corrected chi connectivity index (χ2v) is 6.53. The summed E-state index contributed by atoms with van der Waals surface area (Å²) in [4.78, 5) is 33.6. The number of nitrogens with zero attached hydrogens (tertiary/aromatic N) is 2. The molecule has 8 nitrogen and oxygen atoms in total. The molecule has 0 aliphatic rings. The largest absolute Gasteiger partial charge is 0.465 e. The van der Waals surface area contributed by atoms with E-state index in [9.17, 15) is 19.8 Å². The molecule has 1 atom stereocenters. The molecule has 0 spiro atoms. The van der Waals surface area contributed by atoms with Gasteiger partial charge in [-0.3, -0.25) is 14.9 Å². The number of carbonyl (C=O) groups is 1. The molecule has 0 saturated carbocycles. The lowest BCUT2D eigenvalue weighted by Crippen LogP contribution is -2.24. The Morgan fingerprint density at radius 1 is 1.30 bits per heavy atom. The first kappa shape index (κ1) is 20.7. The first-order chi connectivity index (χ1) is 13.0. The van der Waals surface area contributed by atoms with Crippen molar-refractivity contribution in [3.63, 3.8) is 0 Å². The Balaban J connectivity index is 2.28. The molecule has 0 aliphatic carbocycles. The van der Waals surface area contributed by atoms with Gasteiger partial charge >= 0.3 is 5.97 Å². The van der Waals surface area contributed by atoms with Crippen LogP contribution in [0.5, 0.6) is 0 Å². The summed E-state index contributed by atoms with van der Waals surface area (Å²) in [5.41, 5.74) is 1.44. The number of halogens is 1. The van der Waals surface area contributed by atoms with Gasteiger partial charge in [0.25, 0.3) is 5.69 Å². The second-order valence-electron chi connectivity index (χ2n) is 5.62. The molecule has 0 aromatic heterocycles. The van der Waals surface area contributed by atoms with Crippen LogP contribution in [0.1, 0.15) is 29.7 Å². The molecule has 142 valence electrons. The number of benzene rings is 2. The van der Waals surface area contributed by atoms with Crippen molar-refractivity contribution in [3.05, 3.63) is 78.6 Å². The van der Waals surface area contributed by atoms with Gasteiger partial charge < -0.3 is 10.1 Å². The summed E-state index contributed by atoms with van der Waals surface area (Å²) in [5, 5.41) is 17.3. The van der Waals surface area contributed by atoms with Gasteiger partial charge in [-0.1, -0.05) is 33.2 Å². The number of carbonyl (C=O) groups excluding carboxylic acids is 1. The maximum absolute atomic E-state index is 11.4. The summed E-state index contributed by atoms with van der Waals surface area (Å²) < 4.78 is 5.61. The van der Waals surface area contributed by atoms with Gasteiger partial charge in [-0.05, 0) is 42.3 Å². The van der Waals surface area contributed by atoms with E-state index in [4.69, 9.17) is 4.74 Å². The van der Waals surface area contributed by atoms with E-state index in [0.717, 1.165) is 4.47 Å². The smallest absolute Gasteiger partial charge is 0.319 e. The van der Waals surface area contributed by atoms with Gasteiger partial charge in [0.05, 0.1) is 18.1 Å². The van der Waals surface area contributed by atoms with Crippen molar-refractivity contribution < 1.29 is 14.5 Å². The SMILES string of the molecule is CCOC(=O)CNCc1cc(C(N=O)c2cccc(Br)c2)ccc1[N+](=O)[O-]. The third kappa shape index (κ3) is 5.66. The summed E-state index contributed by atoms with van der Waals surface area (Å²) >= 11 is 3.35. The molecule has 2 rings (SSSR count). The molecular weight excluding hydrogens is 418 g/mol. The molecular formula is C18H18BrN3O5. The third-order valence-corrected chi connectivity index (χ3v) is 4.27. The van der Waals surface area contributed by atoms with E-state index in [0.29, 0.717) is 16.7 Å². The topological polar surface area (TPSA) is 111 Å². The van der Waals surface area contributed by atoms with Crippen molar-refractivity contribution >= 4 is 27.6 Å². The zero-order valence-corrected chi connectivity index (χ0v) is 16.1. The number of nitrogens with one attached hydrogen (secondary N) is 1. The highest BCUT2D eigenvalue weighted by Gasteiger charge is 2.20. The average Bonchev–Trinajstić information content (AvgIpc) is 2.62. The van der Waals surface area contributed by atoms with Gasteiger partial charge in [0.15, 0.2) is 0 Å². The minimum Gasteiger partial charge on any atom is -0.465 e. The monoisotopic (exact) mass is 435 g/mol. The van der Waals surface area contributed by atoms with E-state index in [1.54, 1.807) is 31.2 Å². The van der Waals surface area contributed by atoms with Crippen LogP contribution in [0.25, 0.3) is 0 Å². The normalized spacial score (nSPS) is 11.6. The number of nitro benzene ring substituents is 1. The first-order valence-corrected chi connectivity index (χ1v) is 8.97. The van der Waals surface area contributed by atoms with Crippen LogP contribution >= 0.6 is 15.9 Å². The van der Waals surface area contributed by atoms with Crippen molar-refractivity contribution in [3.8, 4) is 0 Å². The number of nitroso groups, excluding NO2 is 1. The zero-order valence-electron chi connectivity index (χ0n) is 14.6. The molecule has 9 heteroatoms. The van der Waals surface area contributed by atoms with Crippen molar-refractivity contribution in [1.29, 1.82) is 0 Å². The van der Waals surface area contributed by atoms with E-state index in [-0.39, 0.29) is 25.4 Å². The number of hydrogen-bond acceptors (Lipinski definition) is 7. The standard InChI is InChI=1S/C18H18BrN3O5/c1-2-27-17(23)11-20-10-14-8-13(6-7-16(14)22(25)26)18(21-24)12-4-3-5-15(19)9-12/h3-9,18,20H,2,10-11H2,1H3. The van der Waals surface area contributed by atoms with E-state index < -0.39 is 16.9 Å². The minimum atomic E-state index is -0.799. The Kier molecular flexibility index (Phi) is 7.56. The van der Waals surface area contributed by atoms with Crippen LogP contribution in [0.4, 0.5) is 5.69 Å². The van der Waals surface area contributed by atoms with Crippen molar-refractivity contribution in [1.82, 2.24) is 5.32 Å². The van der Waals surface area contributed by atoms with E-state index >= 15 is 0 Å². The molecule has 2 aromatic carbocycles. The highest BCUT2D eigenvalue weighted by Crippen LogP contribution is 2.31. The molecule has 0 saturated heterocycles. The Labute approximate surface area is 164 Å². The van der Waals surface area contributed by atoms with Crippen molar-refractivity contribution in [2.45, 2.75) is 19.5 Å². The quantitative estimate of drug-likeness (QED) is 0.277. The number of esters is 1. The summed E-state index contributed by atoms with van der Waals surface area (Å²) in [7, 11) is 0. The number of hydrogen-bond donors (Lipinski definition) is 1. The molecule has 0 aliphatic heterocycles. The van der Waals surface area contributed by atoms with Crippen LogP contribution in [0.2, 0.25) is 0 Å². The fraction of sp³-hybridized carbons (Fsp3) is 0.278. The molecule has 27 heavy (non-hydrogen) atoms. The Hall–Kier alpha value is -2.65. The fourth-order valence-corrected chi connectivity index (χ4v) is 3.01. The molecule has 0 bridgehead atoms. The van der Waals surface area contributed by atoms with E-state index in [1.807, 2.05) is 6.07 Å². The predicted octanol–water partition coefficient (Wildman–Crippen LogP) is 3.87. The van der Waals surface area contributed by atoms with Crippen LogP contribution < -0.4 is 5.32 Å². The van der Waals surface area contributed by atoms with Crippen LogP contribution in [-0.2, 0) is 16.1 Å². The summed E-state index contributed by atoms with van der Waals surface area (Å²) in [6, 6.07) is 10.8. The predicted molar refractivity (Wildman–Crippen MR) is 103 cm³/mol. The Bertz CT molecular complexity index is 843. The van der Waals surface area contributed by atoms with Crippen molar-refractivity contribution in [2.24, 2.45) is 5.18 Å². The van der Waals surface area contributed by atoms with Crippen molar-refractivity contribution in [2.75, 3.05) is 13.2 Å². The van der Waals surface area contributed by atoms with Crippen LogP contribution in [0, 0.1) is 15.0 Å². The number of nitro groups is 1. The maximum Gasteiger partial charge on any atom is 0.319 e. The lowest BCUT2D eigenvalue weighted by Gasteiger charge is -2.13. The molecule has 1 N–H and O–H groups in total. The first-order valence-electron chi connectivity index (χ1n) is 8.17. The summed E-state index contributed by atoms with van der Waals surface area (Å²) in [5.74, 6) is -0.446. The second kappa shape index (κ2) is 9.89. The summed E-state index contributed by atoms with van der Waals surface area (Å²) in [6.45, 7) is 1.96. The number of rotatable bonds is 9. The third-order valence-electron chi connectivity index (χ3n) is 3.78. The summed E-state index contributed by atoms with van der Waals surface area (Å²) in [6.07, 6.45) is 0. The highest BCUT2D eigenvalue weighted by molar-refractivity contribution is 9.10. The van der Waals surface area contributed by atoms with Crippen LogP contribution in [-0.4, -0.2) is 24.0 Å². The van der Waals surface area contributed by atoms with E-state index in [2.05, 4.69) is 26.4 Å². The van der Waals surface area contributed by atoms with Gasteiger partial charge in [0, 0.05) is 22.6 Å². The maximum atomic E-state index is 11.4. The molecule has 1 unspecified atom stereocenters. The highest BCUT2D eigenvalue weighted by atomic mass is 79.9. The van der Waals surface area contributed by atoms with Crippen LogP contribution in [0.3, 0.4) is 0 Å². The van der Waals surface area contributed by atoms with E-state index in [1.165, 1.54) is 12.1 Å². The van der Waals surface area contributed by atoms with Crippen LogP contribution in [0.15, 0.2) is 52.1 Å². The van der Waals surface area contributed by atoms with Gasteiger partial charge in [-0.2, -0.15) is 0 Å². The minimum absolute atomic E-state index is 0.0732. The van der Waals surface area contributed by atoms with Gasteiger partial charge in [0.2, 0.25) is 0 Å². The van der Waals surface area contributed by atoms with Gasteiger partial charge in [-0.15, -0.1) is 4.91 Å². The Morgan fingerprint density at radius 2 is 2.04 bits per heavy atom. The average molecular weight is 436 g/mol. The molecule has 0 heterocycles. The molecule has 0 radical (unpaired) electrons. The fourth-order valence-electron chi connectivity index (χ4n) is 2.60. The molecule has 2 aromatic rings. The molecule has 0 fully saturated rings. The number of ether oxygens (including phenoxy) is 1. The molecule has 0 amide bonds. The lowest BCUT2D eigenvalue weighted by molar-refractivity contribution is -0.385. The van der Waals surface area contributed by atoms with Gasteiger partial charge in [0.1, 0.15) is 6.04 Å². The van der Waals surface area contributed by atoms with Gasteiger partial charge in [-0.25, -0.2) is 0 Å².